The van der Waals surface area contributed by atoms with Gasteiger partial charge in [-0.1, -0.05) is 35.3 Å². The third-order valence-electron chi connectivity index (χ3n) is 11.5. The van der Waals surface area contributed by atoms with Gasteiger partial charge in [0.05, 0.1) is 29.6 Å². The molecule has 324 valence electrons. The van der Waals surface area contributed by atoms with Crippen LogP contribution in [0, 0.1) is 0 Å². The van der Waals surface area contributed by atoms with E-state index < -0.39 is 73.4 Å². The van der Waals surface area contributed by atoms with E-state index in [1.165, 1.54) is 12.8 Å². The number of carbonyl (C=O) groups is 2. The standard InChI is InChI=1S/C40H59Cl2N5O11/c1-44(20-30(49)34(53)36(55)37(56)38(57)45(2)21-31(50)33(52)35(54)32(51)22-48)14-6-5-7-23-17-27(42)24(18-26(23)41)19-43-40(12-13-40)39(58)47-16-15-46(25-10-11-25)28-8-3-4-9-29(28)47/h3-4,8-9,17-18,25,30-37,43,48-56H,5-7,10-16,19-22H2,1-2H3/t30-,31-,32+,33+,34+,35+,36-,37-/m0/s1. The topological polar surface area (TPSA) is 241 Å². The Balaban J connectivity index is 1.03. The number of anilines is 2. The zero-order chi connectivity index (χ0) is 42.5. The first-order valence-electron chi connectivity index (χ1n) is 19.9. The third kappa shape index (κ3) is 11.2. The van der Waals surface area contributed by atoms with Crippen LogP contribution in [0.4, 0.5) is 11.4 Å². The van der Waals surface area contributed by atoms with Crippen molar-refractivity contribution in [2.75, 3.05) is 63.2 Å². The first kappa shape index (κ1) is 46.4. The van der Waals surface area contributed by atoms with Gasteiger partial charge in [0.15, 0.2) is 6.10 Å². The molecule has 2 aromatic rings. The number of nitrogens with one attached hydrogen (secondary N) is 1. The van der Waals surface area contributed by atoms with Gasteiger partial charge in [0.25, 0.3) is 5.91 Å². The number of halogens is 2. The van der Waals surface area contributed by atoms with Gasteiger partial charge >= 0.3 is 0 Å². The Morgan fingerprint density at radius 3 is 2.03 bits per heavy atom. The second-order valence-corrected chi connectivity index (χ2v) is 16.9. The number of nitrogens with zero attached hydrogens (tertiary/aromatic N) is 4. The molecular formula is C40H59Cl2N5O11. The van der Waals surface area contributed by atoms with Crippen molar-refractivity contribution in [3.8, 4) is 0 Å². The summed E-state index contributed by atoms with van der Waals surface area (Å²) in [5.74, 6) is -1.07. The van der Waals surface area contributed by atoms with E-state index in [2.05, 4.69) is 16.3 Å². The van der Waals surface area contributed by atoms with Gasteiger partial charge in [-0.2, -0.15) is 0 Å². The molecule has 58 heavy (non-hydrogen) atoms. The van der Waals surface area contributed by atoms with E-state index in [0.29, 0.717) is 55.0 Å². The molecule has 10 N–H and O–H groups in total. The molecule has 3 aliphatic rings. The fourth-order valence-corrected chi connectivity index (χ4v) is 8.01. The molecule has 18 heteroatoms. The van der Waals surface area contributed by atoms with Crippen molar-refractivity contribution >= 4 is 46.4 Å². The molecule has 2 fully saturated rings. The highest BCUT2D eigenvalue weighted by atomic mass is 35.5. The number of benzene rings is 2. The molecule has 2 saturated carbocycles. The average Bonchev–Trinajstić information content (AvgIpc) is 4.16. The molecular weight excluding hydrogens is 797 g/mol. The summed E-state index contributed by atoms with van der Waals surface area (Å²) in [6.45, 7) is 0.720. The zero-order valence-electron chi connectivity index (χ0n) is 32.9. The SMILES string of the molecule is CN(CCCCc1cc(Cl)c(CNC2(C(=O)N3CCN(C4CC4)c4ccccc43)CC2)cc1Cl)C[C@H](O)[C@@H](O)[C@H](O)[C@H](O)C(=O)N(C)C[C@H](O)[C@@H](O)[C@H](O)[C@H](O)CO. The van der Waals surface area contributed by atoms with Crippen LogP contribution in [-0.2, 0) is 22.6 Å². The molecule has 0 aromatic heterocycles. The summed E-state index contributed by atoms with van der Waals surface area (Å²) in [6.07, 6.45) is -9.32. The van der Waals surface area contributed by atoms with Crippen molar-refractivity contribution in [2.45, 2.75) is 112 Å². The normalized spacial score (nSPS) is 20.4. The summed E-state index contributed by atoms with van der Waals surface area (Å²) in [5.41, 5.74) is 3.11. The molecule has 5 rings (SSSR count). The molecule has 2 aliphatic carbocycles. The van der Waals surface area contributed by atoms with Gasteiger partial charge in [-0.3, -0.25) is 14.9 Å². The minimum absolute atomic E-state index is 0.0840. The molecule has 8 atom stereocenters. The molecule has 0 bridgehead atoms. The van der Waals surface area contributed by atoms with Crippen LogP contribution in [0.1, 0.15) is 49.7 Å². The summed E-state index contributed by atoms with van der Waals surface area (Å²) in [6, 6.07) is 12.4. The Morgan fingerprint density at radius 2 is 1.40 bits per heavy atom. The lowest BCUT2D eigenvalue weighted by Crippen LogP contribution is -2.55. The van der Waals surface area contributed by atoms with E-state index in [1.807, 2.05) is 35.2 Å². The Kier molecular flexibility index (Phi) is 16.2. The van der Waals surface area contributed by atoms with E-state index in [4.69, 9.17) is 28.3 Å². The number of rotatable bonds is 22. The summed E-state index contributed by atoms with van der Waals surface area (Å²) in [7, 11) is 2.82. The monoisotopic (exact) mass is 855 g/mol. The van der Waals surface area contributed by atoms with E-state index in [1.54, 1.807) is 11.9 Å². The van der Waals surface area contributed by atoms with Gasteiger partial charge in [0.1, 0.15) is 36.6 Å². The van der Waals surface area contributed by atoms with Crippen LogP contribution in [0.5, 0.6) is 0 Å². The third-order valence-corrected chi connectivity index (χ3v) is 12.2. The first-order chi connectivity index (χ1) is 27.5. The predicted molar refractivity (Wildman–Crippen MR) is 218 cm³/mol. The summed E-state index contributed by atoms with van der Waals surface area (Å²) >= 11 is 13.4. The van der Waals surface area contributed by atoms with Crippen molar-refractivity contribution in [3.05, 3.63) is 57.6 Å². The lowest BCUT2D eigenvalue weighted by atomic mass is 10.0. The number of fused-ring (bicyclic) bond motifs is 1. The average molecular weight is 857 g/mol. The fraction of sp³-hybridized carbons (Fsp3) is 0.650. The van der Waals surface area contributed by atoms with Crippen molar-refractivity contribution in [3.63, 3.8) is 0 Å². The first-order valence-corrected chi connectivity index (χ1v) is 20.6. The zero-order valence-corrected chi connectivity index (χ0v) is 34.5. The maximum atomic E-state index is 13.9. The van der Waals surface area contributed by atoms with Crippen molar-refractivity contribution in [1.29, 1.82) is 0 Å². The van der Waals surface area contributed by atoms with Crippen LogP contribution in [0.2, 0.25) is 10.0 Å². The lowest BCUT2D eigenvalue weighted by molar-refractivity contribution is -0.160. The van der Waals surface area contributed by atoms with E-state index in [9.17, 15) is 50.4 Å². The van der Waals surface area contributed by atoms with Gasteiger partial charge in [0.2, 0.25) is 5.91 Å². The van der Waals surface area contributed by atoms with E-state index in [0.717, 1.165) is 53.8 Å². The van der Waals surface area contributed by atoms with Crippen molar-refractivity contribution < 1.29 is 55.5 Å². The molecule has 0 unspecified atom stereocenters. The molecule has 1 heterocycles. The lowest BCUT2D eigenvalue weighted by Gasteiger charge is -2.39. The van der Waals surface area contributed by atoms with Gasteiger partial charge < -0.3 is 65.6 Å². The van der Waals surface area contributed by atoms with Crippen LogP contribution in [0.25, 0.3) is 0 Å². The number of likely N-dealkylation sites (N-methyl/N-ethyl adjacent to an activating group) is 2. The van der Waals surface area contributed by atoms with Gasteiger partial charge in [0, 0.05) is 55.9 Å². The minimum Gasteiger partial charge on any atom is -0.394 e. The van der Waals surface area contributed by atoms with Gasteiger partial charge in [-0.15, -0.1) is 0 Å². The van der Waals surface area contributed by atoms with Gasteiger partial charge in [-0.25, -0.2) is 0 Å². The number of amides is 2. The van der Waals surface area contributed by atoms with Crippen molar-refractivity contribution in [2.24, 2.45) is 0 Å². The number of hydrogen-bond acceptors (Lipinski definition) is 14. The molecule has 1 aliphatic heterocycles. The smallest absolute Gasteiger partial charge is 0.254 e. The fourth-order valence-electron chi connectivity index (χ4n) is 7.47. The summed E-state index contributed by atoms with van der Waals surface area (Å²) in [5, 5.41) is 94.8. The molecule has 0 saturated heterocycles. The number of carbonyl (C=O) groups excluding carboxylic acids is 2. The Morgan fingerprint density at radius 1 is 0.810 bits per heavy atom. The summed E-state index contributed by atoms with van der Waals surface area (Å²) in [4.78, 5) is 33.4. The number of aryl methyl sites for hydroxylation is 1. The van der Waals surface area contributed by atoms with E-state index in [-0.39, 0.29) is 12.5 Å². The maximum Gasteiger partial charge on any atom is 0.254 e. The molecule has 0 radical (unpaired) electrons. The van der Waals surface area contributed by atoms with Crippen LogP contribution in [0.3, 0.4) is 0 Å². The Labute approximate surface area is 348 Å². The number of unbranched alkanes of at least 4 members (excludes halogenated alkanes) is 1. The Hall–Kier alpha value is -2.68. The van der Waals surface area contributed by atoms with E-state index >= 15 is 0 Å². The van der Waals surface area contributed by atoms with Crippen LogP contribution in [0.15, 0.2) is 36.4 Å². The maximum absolute atomic E-state index is 13.9. The predicted octanol–water partition coefficient (Wildman–Crippen LogP) is -0.776. The van der Waals surface area contributed by atoms with Crippen LogP contribution in [-0.4, -0.2) is 181 Å². The number of aliphatic hydroxyl groups is 9. The summed E-state index contributed by atoms with van der Waals surface area (Å²) < 4.78 is 0. The molecule has 2 aromatic carbocycles. The van der Waals surface area contributed by atoms with Gasteiger partial charge in [-0.05, 0) is 93.9 Å². The number of hydrogen-bond donors (Lipinski definition) is 10. The number of para-hydroxylation sites is 2. The van der Waals surface area contributed by atoms with Crippen molar-refractivity contribution in [1.82, 2.24) is 15.1 Å². The highest BCUT2D eigenvalue weighted by molar-refractivity contribution is 6.34. The largest absolute Gasteiger partial charge is 0.394 e. The minimum atomic E-state index is -2.20. The second-order valence-electron chi connectivity index (χ2n) is 16.1. The van der Waals surface area contributed by atoms with Crippen LogP contribution >= 0.6 is 23.2 Å². The molecule has 2 amide bonds. The second kappa shape index (κ2) is 20.3. The highest BCUT2D eigenvalue weighted by Crippen LogP contribution is 2.44. The number of aliphatic hydroxyl groups excluding tert-OH is 9. The quantitative estimate of drug-likeness (QED) is 0.0655. The molecule has 16 nitrogen and oxygen atoms in total. The van der Waals surface area contributed by atoms with Crippen LogP contribution < -0.4 is 15.1 Å². The highest BCUT2D eigenvalue weighted by Gasteiger charge is 2.53. The Bertz CT molecular complexity index is 1700. The molecule has 0 spiro atoms.